The number of fused-ring (bicyclic) bond motifs is 1. The smallest absolute Gasteiger partial charge is 0.262 e. The third-order valence-electron chi connectivity index (χ3n) is 4.59. The number of ether oxygens (including phenoxy) is 3. The summed E-state index contributed by atoms with van der Waals surface area (Å²) in [6.07, 6.45) is 1.32. The van der Waals surface area contributed by atoms with E-state index in [1.54, 1.807) is 50.2 Å². The first-order chi connectivity index (χ1) is 15.7. The number of primary amides is 1. The van der Waals surface area contributed by atoms with Crippen molar-refractivity contribution in [1.29, 1.82) is 0 Å². The van der Waals surface area contributed by atoms with Gasteiger partial charge in [0.15, 0.2) is 18.1 Å². The van der Waals surface area contributed by atoms with Crippen LogP contribution in [-0.2, 0) is 9.59 Å². The summed E-state index contributed by atoms with van der Waals surface area (Å²) in [7, 11) is 0. The summed E-state index contributed by atoms with van der Waals surface area (Å²) < 4.78 is 15.8. The van der Waals surface area contributed by atoms with Gasteiger partial charge in [-0.3, -0.25) is 14.4 Å². The van der Waals surface area contributed by atoms with Gasteiger partial charge in [-0.2, -0.15) is 5.10 Å². The summed E-state index contributed by atoms with van der Waals surface area (Å²) in [6, 6.07) is 8.60. The molecule has 1 aliphatic rings. The summed E-state index contributed by atoms with van der Waals surface area (Å²) in [5, 5.41) is 7.05. The maximum atomic E-state index is 12.7. The van der Waals surface area contributed by atoms with E-state index in [4.69, 9.17) is 31.5 Å². The van der Waals surface area contributed by atoms with Crippen molar-refractivity contribution < 1.29 is 28.6 Å². The molecule has 33 heavy (non-hydrogen) atoms. The van der Waals surface area contributed by atoms with Crippen molar-refractivity contribution in [3.63, 3.8) is 0 Å². The van der Waals surface area contributed by atoms with Crippen LogP contribution in [0.3, 0.4) is 0 Å². The number of nitrogens with zero attached hydrogens (tertiary/aromatic N) is 1. The highest BCUT2D eigenvalue weighted by molar-refractivity contribution is 6.30. The number of halogens is 1. The maximum absolute atomic E-state index is 12.7. The van der Waals surface area contributed by atoms with Crippen LogP contribution < -0.4 is 30.7 Å². The molecular weight excluding hydrogens is 452 g/mol. The van der Waals surface area contributed by atoms with Crippen LogP contribution in [0.15, 0.2) is 41.5 Å². The number of nitrogens with one attached hydrogen (secondary N) is 2. The molecule has 11 heteroatoms. The normalized spacial score (nSPS) is 13.1. The molecule has 0 saturated carbocycles. The maximum Gasteiger partial charge on any atom is 0.262 e. The van der Waals surface area contributed by atoms with Crippen LogP contribution in [-0.4, -0.2) is 43.4 Å². The molecule has 1 atom stereocenters. The van der Waals surface area contributed by atoms with E-state index in [1.165, 1.54) is 6.21 Å². The monoisotopic (exact) mass is 474 g/mol. The number of carbonyl (C=O) groups excluding carboxylic acids is 3. The molecule has 0 saturated heterocycles. The minimum Gasteiger partial charge on any atom is -0.483 e. The Bertz CT molecular complexity index is 1090. The first-order valence-electron chi connectivity index (χ1n) is 9.98. The Morgan fingerprint density at radius 3 is 2.67 bits per heavy atom. The van der Waals surface area contributed by atoms with Gasteiger partial charge in [-0.1, -0.05) is 25.4 Å². The summed E-state index contributed by atoms with van der Waals surface area (Å²) in [5.41, 5.74) is 8.26. The fourth-order valence-electron chi connectivity index (χ4n) is 2.93. The van der Waals surface area contributed by atoms with Gasteiger partial charge in [-0.15, -0.1) is 0 Å². The van der Waals surface area contributed by atoms with Crippen molar-refractivity contribution in [2.75, 3.05) is 13.4 Å². The molecular formula is C22H23ClN4O6. The predicted octanol–water partition coefficient (Wildman–Crippen LogP) is 1.84. The van der Waals surface area contributed by atoms with Crippen LogP contribution >= 0.6 is 11.6 Å². The second kappa shape index (κ2) is 10.7. The fraction of sp³-hybridized carbons (Fsp3) is 0.273. The van der Waals surface area contributed by atoms with E-state index in [9.17, 15) is 14.4 Å². The Morgan fingerprint density at radius 2 is 1.94 bits per heavy atom. The van der Waals surface area contributed by atoms with Crippen LogP contribution in [0.1, 0.15) is 29.8 Å². The number of benzene rings is 2. The molecule has 0 radical (unpaired) electrons. The average molecular weight is 475 g/mol. The second-order valence-corrected chi connectivity index (χ2v) is 7.87. The molecule has 3 amide bonds. The van der Waals surface area contributed by atoms with E-state index in [0.29, 0.717) is 33.4 Å². The number of hydrogen-bond acceptors (Lipinski definition) is 7. The van der Waals surface area contributed by atoms with Gasteiger partial charge in [0.25, 0.3) is 17.7 Å². The molecule has 174 valence electrons. The summed E-state index contributed by atoms with van der Waals surface area (Å²) >= 11 is 6.00. The lowest BCUT2D eigenvalue weighted by molar-refractivity contribution is -0.124. The lowest BCUT2D eigenvalue weighted by Crippen LogP contribution is -2.48. The van der Waals surface area contributed by atoms with Crippen LogP contribution in [0.4, 0.5) is 0 Å². The molecule has 2 aromatic rings. The van der Waals surface area contributed by atoms with E-state index in [2.05, 4.69) is 15.8 Å². The summed E-state index contributed by atoms with van der Waals surface area (Å²) in [6.45, 7) is 3.36. The van der Waals surface area contributed by atoms with Gasteiger partial charge in [-0.25, -0.2) is 5.43 Å². The van der Waals surface area contributed by atoms with Gasteiger partial charge in [-0.05, 0) is 42.3 Å². The van der Waals surface area contributed by atoms with E-state index >= 15 is 0 Å². The van der Waals surface area contributed by atoms with Crippen LogP contribution in [0.5, 0.6) is 17.2 Å². The van der Waals surface area contributed by atoms with Crippen molar-refractivity contribution in [3.8, 4) is 17.2 Å². The zero-order chi connectivity index (χ0) is 24.0. The molecule has 2 aromatic carbocycles. The highest BCUT2D eigenvalue weighted by atomic mass is 35.5. The molecule has 1 aliphatic heterocycles. The van der Waals surface area contributed by atoms with Crippen molar-refractivity contribution in [3.05, 3.63) is 52.5 Å². The van der Waals surface area contributed by atoms with Crippen LogP contribution in [0.25, 0.3) is 0 Å². The van der Waals surface area contributed by atoms with E-state index in [-0.39, 0.29) is 19.3 Å². The van der Waals surface area contributed by atoms with Gasteiger partial charge in [0.1, 0.15) is 11.8 Å². The van der Waals surface area contributed by atoms with E-state index in [0.717, 1.165) is 0 Å². The topological polar surface area (TPSA) is 141 Å². The molecule has 0 aliphatic carbocycles. The van der Waals surface area contributed by atoms with Crippen molar-refractivity contribution >= 4 is 35.5 Å². The number of hydrazone groups is 1. The number of amides is 3. The molecule has 3 rings (SSSR count). The lowest BCUT2D eigenvalue weighted by Gasteiger charge is -2.20. The number of nitrogens with two attached hydrogens (primary N) is 1. The molecule has 0 unspecified atom stereocenters. The summed E-state index contributed by atoms with van der Waals surface area (Å²) in [5.74, 6) is -0.487. The lowest BCUT2D eigenvalue weighted by atomic mass is 10.0. The van der Waals surface area contributed by atoms with Crippen LogP contribution in [0.2, 0.25) is 5.02 Å². The molecule has 4 N–H and O–H groups in total. The van der Waals surface area contributed by atoms with Crippen LogP contribution in [0, 0.1) is 5.92 Å². The van der Waals surface area contributed by atoms with E-state index in [1.807, 2.05) is 0 Å². The first-order valence-corrected chi connectivity index (χ1v) is 10.4. The van der Waals surface area contributed by atoms with Gasteiger partial charge in [0.05, 0.1) is 6.21 Å². The second-order valence-electron chi connectivity index (χ2n) is 7.43. The average Bonchev–Trinajstić information content (AvgIpc) is 3.24. The molecule has 0 spiro atoms. The first kappa shape index (κ1) is 23.9. The Hall–Kier alpha value is -3.79. The van der Waals surface area contributed by atoms with Gasteiger partial charge >= 0.3 is 0 Å². The minimum atomic E-state index is -0.856. The fourth-order valence-corrected chi connectivity index (χ4v) is 3.11. The molecule has 0 fully saturated rings. The molecule has 0 bridgehead atoms. The predicted molar refractivity (Wildman–Crippen MR) is 121 cm³/mol. The Balaban J connectivity index is 1.66. The molecule has 1 heterocycles. The van der Waals surface area contributed by atoms with Crippen molar-refractivity contribution in [2.24, 2.45) is 16.8 Å². The zero-order valence-electron chi connectivity index (χ0n) is 18.0. The van der Waals surface area contributed by atoms with Gasteiger partial charge < -0.3 is 25.3 Å². The summed E-state index contributed by atoms with van der Waals surface area (Å²) in [4.78, 5) is 36.3. The largest absolute Gasteiger partial charge is 0.483 e. The quantitative estimate of drug-likeness (QED) is 0.374. The SMILES string of the molecule is CC(C)[C@H](NC(=O)c1ccc2c(c1)OCO2)C(=O)N/N=C\c1cc(Cl)ccc1OCC(N)=O. The van der Waals surface area contributed by atoms with Gasteiger partial charge in [0, 0.05) is 16.1 Å². The highest BCUT2D eigenvalue weighted by Crippen LogP contribution is 2.32. The number of rotatable bonds is 9. The molecule has 10 nitrogen and oxygen atoms in total. The van der Waals surface area contributed by atoms with Crippen molar-refractivity contribution in [2.45, 2.75) is 19.9 Å². The molecule has 0 aromatic heterocycles. The zero-order valence-corrected chi connectivity index (χ0v) is 18.7. The van der Waals surface area contributed by atoms with Crippen molar-refractivity contribution in [1.82, 2.24) is 10.7 Å². The Morgan fingerprint density at radius 1 is 1.18 bits per heavy atom. The minimum absolute atomic E-state index is 0.0946. The number of hydrogen-bond donors (Lipinski definition) is 3. The third kappa shape index (κ3) is 6.36. The van der Waals surface area contributed by atoms with Gasteiger partial charge in [0.2, 0.25) is 6.79 Å². The number of carbonyl (C=O) groups is 3. The third-order valence-corrected chi connectivity index (χ3v) is 4.83. The van der Waals surface area contributed by atoms with E-state index < -0.39 is 23.8 Å². The highest BCUT2D eigenvalue weighted by Gasteiger charge is 2.25. The standard InChI is InChI=1S/C22H23ClN4O6/c1-12(2)20(26-21(29)13-3-5-17-18(8-13)33-11-32-17)22(30)27-25-9-14-7-15(23)4-6-16(14)31-10-19(24)28/h3-9,12,20H,10-11H2,1-2H3,(H2,24,28)(H,26,29)(H,27,30)/b25-9-/t20-/m0/s1. The Labute approximate surface area is 195 Å². The Kier molecular flexibility index (Phi) is 7.73.